The number of pyridine rings is 1. The average Bonchev–Trinajstić information content (AvgIpc) is 3.55. The summed E-state index contributed by atoms with van der Waals surface area (Å²) in [6, 6.07) is 2.98. The fourth-order valence-electron chi connectivity index (χ4n) is 4.89. The fourth-order valence-corrected chi connectivity index (χ4v) is 5.03. The molecule has 2 aliphatic rings. The molecule has 206 valence electrons. The van der Waals surface area contributed by atoms with Crippen molar-refractivity contribution >= 4 is 41.0 Å². The van der Waals surface area contributed by atoms with Crippen molar-refractivity contribution in [3.63, 3.8) is 0 Å². The van der Waals surface area contributed by atoms with Gasteiger partial charge in [-0.05, 0) is 59.4 Å². The number of carbonyl (C=O) groups is 3. The van der Waals surface area contributed by atoms with Crippen molar-refractivity contribution in [1.29, 1.82) is 0 Å². The highest BCUT2D eigenvalue weighted by molar-refractivity contribution is 6.30. The molecular weight excluding hydrogens is 508 g/mol. The van der Waals surface area contributed by atoms with Gasteiger partial charge < -0.3 is 19.9 Å². The Morgan fingerprint density at radius 1 is 1.16 bits per heavy atom. The minimum absolute atomic E-state index is 0.0434. The van der Waals surface area contributed by atoms with Crippen molar-refractivity contribution in [2.45, 2.75) is 71.4 Å². The molecule has 0 spiro atoms. The summed E-state index contributed by atoms with van der Waals surface area (Å²) in [5, 5.41) is 7.43. The Morgan fingerprint density at radius 3 is 2.55 bits per heavy atom. The van der Waals surface area contributed by atoms with Crippen LogP contribution in [-0.4, -0.2) is 69.2 Å². The van der Waals surface area contributed by atoms with E-state index >= 15 is 0 Å². The number of hydrogen-bond donors (Lipinski definition) is 1. The normalized spacial score (nSPS) is 18.8. The molecule has 0 aromatic carbocycles. The van der Waals surface area contributed by atoms with Crippen molar-refractivity contribution < 1.29 is 19.1 Å². The molecule has 4 heterocycles. The van der Waals surface area contributed by atoms with Crippen molar-refractivity contribution in [3.05, 3.63) is 35.1 Å². The Bertz CT molecular complexity index is 1170. The van der Waals surface area contributed by atoms with Crippen LogP contribution in [0.5, 0.6) is 0 Å². The van der Waals surface area contributed by atoms with Gasteiger partial charge in [0.05, 0.1) is 23.6 Å². The number of piperidine rings is 1. The van der Waals surface area contributed by atoms with Crippen LogP contribution in [0.2, 0.25) is 5.02 Å². The maximum Gasteiger partial charge on any atom is 0.310 e. The highest BCUT2D eigenvalue weighted by atomic mass is 35.5. The number of rotatable bonds is 7. The molecule has 2 aromatic heterocycles. The van der Waals surface area contributed by atoms with E-state index in [-0.39, 0.29) is 30.0 Å². The molecular formula is C27H37ClN6O4. The van der Waals surface area contributed by atoms with E-state index in [1.54, 1.807) is 19.2 Å². The second-order valence-electron chi connectivity index (χ2n) is 11.1. The maximum absolute atomic E-state index is 13.1. The van der Waals surface area contributed by atoms with E-state index in [1.165, 1.54) is 10.9 Å². The van der Waals surface area contributed by atoms with Gasteiger partial charge in [0.15, 0.2) is 0 Å². The van der Waals surface area contributed by atoms with Gasteiger partial charge in [0.2, 0.25) is 11.8 Å². The summed E-state index contributed by atoms with van der Waals surface area (Å²) in [6.45, 7) is 10.1. The lowest BCUT2D eigenvalue weighted by Crippen LogP contribution is -2.44. The standard InChI is InChI=1S/C27H37ClN6O4/c1-18(34-17-21(28)15-29-34)25(36)31-24-19(14-23(35)38-27(2,3)4)9-10-22(30-24)33-13-7-8-20(16-33)26(37)32-11-5-6-12-32/h9-10,15,17-18,20H,5-8,11-14,16H2,1-4H3,(H,30,31,36)/t18-,20-/m1/s1. The summed E-state index contributed by atoms with van der Waals surface area (Å²) in [5.74, 6) is 0.324. The van der Waals surface area contributed by atoms with E-state index in [0.29, 0.717) is 22.9 Å². The van der Waals surface area contributed by atoms with Crippen LogP contribution in [0, 0.1) is 5.92 Å². The van der Waals surface area contributed by atoms with Crippen LogP contribution >= 0.6 is 11.6 Å². The number of likely N-dealkylation sites (tertiary alicyclic amines) is 1. The van der Waals surface area contributed by atoms with Crippen LogP contribution < -0.4 is 10.2 Å². The van der Waals surface area contributed by atoms with Crippen LogP contribution in [0.4, 0.5) is 11.6 Å². The zero-order chi connectivity index (χ0) is 27.4. The molecule has 0 unspecified atom stereocenters. The molecule has 2 atom stereocenters. The number of nitrogens with one attached hydrogen (secondary N) is 1. The van der Waals surface area contributed by atoms with E-state index < -0.39 is 17.6 Å². The number of ether oxygens (including phenoxy) is 1. The lowest BCUT2D eigenvalue weighted by Gasteiger charge is -2.35. The van der Waals surface area contributed by atoms with Crippen LogP contribution in [0.15, 0.2) is 24.5 Å². The van der Waals surface area contributed by atoms with Gasteiger partial charge in [-0.1, -0.05) is 17.7 Å². The Hall–Kier alpha value is -3.14. The summed E-state index contributed by atoms with van der Waals surface area (Å²) >= 11 is 5.98. The number of esters is 1. The first-order chi connectivity index (χ1) is 18.0. The van der Waals surface area contributed by atoms with Crippen molar-refractivity contribution in [3.8, 4) is 0 Å². The summed E-state index contributed by atoms with van der Waals surface area (Å²) in [7, 11) is 0. The first-order valence-electron chi connectivity index (χ1n) is 13.3. The van der Waals surface area contributed by atoms with Crippen molar-refractivity contribution in [2.24, 2.45) is 5.92 Å². The number of hydrogen-bond acceptors (Lipinski definition) is 7. The largest absolute Gasteiger partial charge is 0.460 e. The molecule has 38 heavy (non-hydrogen) atoms. The summed E-state index contributed by atoms with van der Waals surface area (Å²) in [5.41, 5.74) is -0.0874. The molecule has 0 saturated carbocycles. The smallest absolute Gasteiger partial charge is 0.310 e. The fraction of sp³-hybridized carbons (Fsp3) is 0.593. The van der Waals surface area contributed by atoms with E-state index in [0.717, 1.165) is 45.3 Å². The van der Waals surface area contributed by atoms with Gasteiger partial charge in [-0.2, -0.15) is 5.10 Å². The number of anilines is 2. The van der Waals surface area contributed by atoms with Crippen LogP contribution in [-0.2, 0) is 25.5 Å². The van der Waals surface area contributed by atoms with E-state index in [1.807, 2.05) is 31.7 Å². The van der Waals surface area contributed by atoms with E-state index in [4.69, 9.17) is 21.3 Å². The topological polar surface area (TPSA) is 110 Å². The first-order valence-corrected chi connectivity index (χ1v) is 13.6. The molecule has 0 radical (unpaired) electrons. The predicted molar refractivity (Wildman–Crippen MR) is 145 cm³/mol. The van der Waals surface area contributed by atoms with E-state index in [9.17, 15) is 14.4 Å². The van der Waals surface area contributed by atoms with E-state index in [2.05, 4.69) is 15.3 Å². The van der Waals surface area contributed by atoms with Gasteiger partial charge >= 0.3 is 5.97 Å². The number of carbonyl (C=O) groups excluding carboxylic acids is 3. The molecule has 2 saturated heterocycles. The van der Waals surface area contributed by atoms with Crippen LogP contribution in [0.25, 0.3) is 0 Å². The molecule has 10 nitrogen and oxygen atoms in total. The van der Waals surface area contributed by atoms with Gasteiger partial charge in [0.25, 0.3) is 0 Å². The van der Waals surface area contributed by atoms with Crippen LogP contribution in [0.3, 0.4) is 0 Å². The molecule has 0 bridgehead atoms. The quantitative estimate of drug-likeness (QED) is 0.527. The molecule has 1 N–H and O–H groups in total. The Morgan fingerprint density at radius 2 is 1.89 bits per heavy atom. The highest BCUT2D eigenvalue weighted by Gasteiger charge is 2.31. The highest BCUT2D eigenvalue weighted by Crippen LogP contribution is 2.28. The minimum Gasteiger partial charge on any atom is -0.460 e. The first kappa shape index (κ1) is 27.9. The molecule has 2 fully saturated rings. The third kappa shape index (κ3) is 7.03. The molecule has 0 aliphatic carbocycles. The third-order valence-corrected chi connectivity index (χ3v) is 7.01. The molecule has 2 aromatic rings. The minimum atomic E-state index is -0.653. The second kappa shape index (κ2) is 11.7. The van der Waals surface area contributed by atoms with Gasteiger partial charge in [-0.25, -0.2) is 4.98 Å². The van der Waals surface area contributed by atoms with Crippen molar-refractivity contribution in [2.75, 3.05) is 36.4 Å². The Balaban J connectivity index is 1.55. The summed E-state index contributed by atoms with van der Waals surface area (Å²) in [6.07, 6.45) is 6.86. The molecule has 11 heteroatoms. The lowest BCUT2D eigenvalue weighted by molar-refractivity contribution is -0.154. The molecule has 4 rings (SSSR count). The summed E-state index contributed by atoms with van der Waals surface area (Å²) < 4.78 is 6.96. The van der Waals surface area contributed by atoms with Gasteiger partial charge in [0, 0.05) is 37.9 Å². The van der Waals surface area contributed by atoms with Gasteiger partial charge in [0.1, 0.15) is 23.3 Å². The average molecular weight is 545 g/mol. The molecule has 2 aliphatic heterocycles. The van der Waals surface area contributed by atoms with Crippen molar-refractivity contribution in [1.82, 2.24) is 19.7 Å². The zero-order valence-corrected chi connectivity index (χ0v) is 23.3. The lowest BCUT2D eigenvalue weighted by atomic mass is 9.96. The Kier molecular flexibility index (Phi) is 8.60. The van der Waals surface area contributed by atoms with Gasteiger partial charge in [-0.3, -0.25) is 19.1 Å². The SMILES string of the molecule is C[C@H](C(=O)Nc1nc(N2CCC[C@@H](C(=O)N3CCCC3)C2)ccc1CC(=O)OC(C)(C)C)n1cc(Cl)cn1. The maximum atomic E-state index is 13.1. The number of nitrogens with zero attached hydrogens (tertiary/aromatic N) is 5. The number of aromatic nitrogens is 3. The second-order valence-corrected chi connectivity index (χ2v) is 11.5. The third-order valence-electron chi connectivity index (χ3n) is 6.82. The number of amides is 2. The Labute approximate surface area is 228 Å². The monoisotopic (exact) mass is 544 g/mol. The summed E-state index contributed by atoms with van der Waals surface area (Å²) in [4.78, 5) is 47.6. The predicted octanol–water partition coefficient (Wildman–Crippen LogP) is 3.85. The number of halogens is 1. The molecule has 2 amide bonds. The van der Waals surface area contributed by atoms with Gasteiger partial charge in [-0.15, -0.1) is 0 Å². The van der Waals surface area contributed by atoms with Crippen LogP contribution in [0.1, 0.15) is 65.0 Å². The zero-order valence-electron chi connectivity index (χ0n) is 22.6.